The van der Waals surface area contributed by atoms with Crippen molar-refractivity contribution < 1.29 is 14.3 Å². The number of hydrogen-bond acceptors (Lipinski definition) is 4. The molecule has 2 rings (SSSR count). The number of anilines is 1. The van der Waals surface area contributed by atoms with Crippen molar-refractivity contribution in [2.45, 2.75) is 20.0 Å². The number of para-hydroxylation sites is 3. The fourth-order valence-electron chi connectivity index (χ4n) is 1.99. The van der Waals surface area contributed by atoms with Crippen molar-refractivity contribution in [3.63, 3.8) is 0 Å². The number of hydrogen-bond donors (Lipinski definition) is 1. The smallest absolute Gasteiger partial charge is 0.265 e. The Balaban J connectivity index is 2.08. The number of carbonyl (C=O) groups excluding carboxylic acids is 1. The quantitative estimate of drug-likeness (QED) is 0.888. The minimum atomic E-state index is -0.751. The normalized spacial score (nSPS) is 11.2. The van der Waals surface area contributed by atoms with Gasteiger partial charge in [-0.25, -0.2) is 0 Å². The summed E-state index contributed by atoms with van der Waals surface area (Å²) in [7, 11) is 0. The van der Waals surface area contributed by atoms with Gasteiger partial charge in [-0.2, -0.15) is 5.26 Å². The van der Waals surface area contributed by atoms with Gasteiger partial charge in [0, 0.05) is 0 Å². The van der Waals surface area contributed by atoms with Crippen molar-refractivity contribution in [1.82, 2.24) is 0 Å². The van der Waals surface area contributed by atoms with Crippen molar-refractivity contribution in [2.24, 2.45) is 0 Å². The number of ether oxygens (including phenoxy) is 2. The van der Waals surface area contributed by atoms with Crippen LogP contribution in [0, 0.1) is 11.3 Å². The Morgan fingerprint density at radius 3 is 2.52 bits per heavy atom. The fraction of sp³-hybridized carbons (Fsp3) is 0.222. The molecule has 0 aliphatic heterocycles. The molecule has 118 valence electrons. The summed E-state index contributed by atoms with van der Waals surface area (Å²) in [4.78, 5) is 12.3. The SMILES string of the molecule is CCOc1ccccc1NC(=O)C(C)Oc1ccccc1C#N. The minimum Gasteiger partial charge on any atom is -0.492 e. The van der Waals surface area contributed by atoms with Crippen LogP contribution in [-0.2, 0) is 4.79 Å². The highest BCUT2D eigenvalue weighted by atomic mass is 16.5. The van der Waals surface area contributed by atoms with Gasteiger partial charge in [-0.3, -0.25) is 4.79 Å². The molecule has 0 bridgehead atoms. The second-order valence-corrected chi connectivity index (χ2v) is 4.79. The Bertz CT molecular complexity index is 722. The summed E-state index contributed by atoms with van der Waals surface area (Å²) >= 11 is 0. The Morgan fingerprint density at radius 1 is 1.17 bits per heavy atom. The van der Waals surface area contributed by atoms with E-state index in [4.69, 9.17) is 14.7 Å². The third-order valence-corrected chi connectivity index (χ3v) is 3.13. The minimum absolute atomic E-state index is 0.315. The first-order valence-electron chi connectivity index (χ1n) is 7.34. The van der Waals surface area contributed by atoms with Crippen molar-refractivity contribution in [3.8, 4) is 17.6 Å². The molecule has 5 nitrogen and oxygen atoms in total. The van der Waals surface area contributed by atoms with Crippen LogP contribution in [0.1, 0.15) is 19.4 Å². The van der Waals surface area contributed by atoms with Gasteiger partial charge in [0.2, 0.25) is 0 Å². The molecule has 0 aliphatic rings. The number of nitrogens with one attached hydrogen (secondary N) is 1. The zero-order valence-corrected chi connectivity index (χ0v) is 13.1. The Kier molecular flexibility index (Phi) is 5.59. The zero-order chi connectivity index (χ0) is 16.7. The van der Waals surface area contributed by atoms with E-state index in [1.54, 1.807) is 43.3 Å². The third kappa shape index (κ3) is 4.24. The molecule has 5 heteroatoms. The van der Waals surface area contributed by atoms with Crippen LogP contribution in [-0.4, -0.2) is 18.6 Å². The summed E-state index contributed by atoms with van der Waals surface area (Å²) in [5, 5.41) is 11.8. The first kappa shape index (κ1) is 16.4. The Labute approximate surface area is 135 Å². The van der Waals surface area contributed by atoms with E-state index in [-0.39, 0.29) is 5.91 Å². The van der Waals surface area contributed by atoms with Crippen molar-refractivity contribution >= 4 is 11.6 Å². The van der Waals surface area contributed by atoms with Gasteiger partial charge >= 0.3 is 0 Å². The number of benzene rings is 2. The molecule has 0 heterocycles. The second kappa shape index (κ2) is 7.85. The maximum atomic E-state index is 12.3. The molecule has 1 amide bonds. The van der Waals surface area contributed by atoms with E-state index < -0.39 is 6.10 Å². The molecule has 1 atom stereocenters. The lowest BCUT2D eigenvalue weighted by atomic mass is 10.2. The number of nitrogens with zero attached hydrogens (tertiary/aromatic N) is 1. The maximum absolute atomic E-state index is 12.3. The zero-order valence-electron chi connectivity index (χ0n) is 13.1. The molecule has 0 aliphatic carbocycles. The molecule has 0 saturated carbocycles. The average Bonchev–Trinajstić information content (AvgIpc) is 2.57. The van der Waals surface area contributed by atoms with Gasteiger partial charge in [-0.15, -0.1) is 0 Å². The van der Waals surface area contributed by atoms with Gasteiger partial charge in [0.05, 0.1) is 17.9 Å². The molecule has 1 unspecified atom stereocenters. The second-order valence-electron chi connectivity index (χ2n) is 4.79. The van der Waals surface area contributed by atoms with Gasteiger partial charge in [0.15, 0.2) is 6.10 Å². The lowest BCUT2D eigenvalue weighted by Gasteiger charge is -2.17. The summed E-state index contributed by atoms with van der Waals surface area (Å²) in [5.41, 5.74) is 0.977. The van der Waals surface area contributed by atoms with Crippen LogP contribution in [0.3, 0.4) is 0 Å². The molecular formula is C18H18N2O3. The fourth-order valence-corrected chi connectivity index (χ4v) is 1.99. The molecule has 0 fully saturated rings. The van der Waals surface area contributed by atoms with E-state index in [9.17, 15) is 4.79 Å². The standard InChI is InChI=1S/C18H18N2O3/c1-3-22-17-11-7-5-9-15(17)20-18(21)13(2)23-16-10-6-4-8-14(16)12-19/h4-11,13H,3H2,1-2H3,(H,20,21). The van der Waals surface area contributed by atoms with Crippen LogP contribution in [0.25, 0.3) is 0 Å². The van der Waals surface area contributed by atoms with Gasteiger partial charge < -0.3 is 14.8 Å². The van der Waals surface area contributed by atoms with Crippen LogP contribution in [0.2, 0.25) is 0 Å². The van der Waals surface area contributed by atoms with Gasteiger partial charge in [0.1, 0.15) is 17.6 Å². The molecule has 1 N–H and O–H groups in total. The Hall–Kier alpha value is -3.00. The first-order chi connectivity index (χ1) is 11.2. The van der Waals surface area contributed by atoms with Crippen molar-refractivity contribution in [1.29, 1.82) is 5.26 Å². The number of rotatable bonds is 6. The average molecular weight is 310 g/mol. The molecule has 0 saturated heterocycles. The Morgan fingerprint density at radius 2 is 1.83 bits per heavy atom. The highest BCUT2D eigenvalue weighted by Gasteiger charge is 2.17. The van der Waals surface area contributed by atoms with E-state index in [1.165, 1.54) is 0 Å². The van der Waals surface area contributed by atoms with Gasteiger partial charge in [0.25, 0.3) is 5.91 Å². The third-order valence-electron chi connectivity index (χ3n) is 3.13. The summed E-state index contributed by atoms with van der Waals surface area (Å²) in [6.45, 7) is 4.02. The summed E-state index contributed by atoms with van der Waals surface area (Å²) < 4.78 is 11.1. The van der Waals surface area contributed by atoms with Crippen LogP contribution in [0.4, 0.5) is 5.69 Å². The van der Waals surface area contributed by atoms with E-state index in [0.717, 1.165) is 0 Å². The molecule has 0 spiro atoms. The summed E-state index contributed by atoms with van der Waals surface area (Å²) in [6.07, 6.45) is -0.751. The van der Waals surface area contributed by atoms with Crippen LogP contribution in [0.5, 0.6) is 11.5 Å². The van der Waals surface area contributed by atoms with E-state index in [0.29, 0.717) is 29.4 Å². The molecule has 2 aromatic carbocycles. The predicted molar refractivity (Wildman–Crippen MR) is 87.5 cm³/mol. The van der Waals surface area contributed by atoms with Gasteiger partial charge in [-0.05, 0) is 38.1 Å². The largest absolute Gasteiger partial charge is 0.492 e. The molecule has 0 radical (unpaired) electrons. The van der Waals surface area contributed by atoms with E-state index >= 15 is 0 Å². The molecule has 2 aromatic rings. The van der Waals surface area contributed by atoms with E-state index in [1.807, 2.05) is 25.1 Å². The van der Waals surface area contributed by atoms with Crippen LogP contribution >= 0.6 is 0 Å². The highest BCUT2D eigenvalue weighted by Crippen LogP contribution is 2.24. The first-order valence-corrected chi connectivity index (χ1v) is 7.34. The number of nitriles is 1. The lowest BCUT2D eigenvalue weighted by Crippen LogP contribution is -2.30. The predicted octanol–water partition coefficient (Wildman–Crippen LogP) is 3.36. The monoisotopic (exact) mass is 310 g/mol. The van der Waals surface area contributed by atoms with Crippen LogP contribution < -0.4 is 14.8 Å². The number of amides is 1. The lowest BCUT2D eigenvalue weighted by molar-refractivity contribution is -0.122. The maximum Gasteiger partial charge on any atom is 0.265 e. The molecule has 0 aromatic heterocycles. The topological polar surface area (TPSA) is 71.3 Å². The summed E-state index contributed by atoms with van der Waals surface area (Å²) in [5.74, 6) is 0.675. The highest BCUT2D eigenvalue weighted by molar-refractivity contribution is 5.95. The van der Waals surface area contributed by atoms with Crippen LogP contribution in [0.15, 0.2) is 48.5 Å². The number of carbonyl (C=O) groups is 1. The van der Waals surface area contributed by atoms with Gasteiger partial charge in [-0.1, -0.05) is 24.3 Å². The van der Waals surface area contributed by atoms with Crippen molar-refractivity contribution in [3.05, 3.63) is 54.1 Å². The van der Waals surface area contributed by atoms with Crippen molar-refractivity contribution in [2.75, 3.05) is 11.9 Å². The molecule has 23 heavy (non-hydrogen) atoms. The molecular weight excluding hydrogens is 292 g/mol. The summed E-state index contributed by atoms with van der Waals surface area (Å²) in [6, 6.07) is 16.0. The van der Waals surface area contributed by atoms with E-state index in [2.05, 4.69) is 5.32 Å².